The van der Waals surface area contributed by atoms with Gasteiger partial charge in [-0.2, -0.15) is 0 Å². The minimum absolute atomic E-state index is 0.122. The van der Waals surface area contributed by atoms with Crippen molar-refractivity contribution >= 4 is 17.0 Å². The van der Waals surface area contributed by atoms with Crippen molar-refractivity contribution in [2.75, 3.05) is 0 Å². The molecule has 2 aliphatic carbocycles. The van der Waals surface area contributed by atoms with Crippen LogP contribution in [0.5, 0.6) is 0 Å². The summed E-state index contributed by atoms with van der Waals surface area (Å²) in [5.74, 6) is -0.491. The van der Waals surface area contributed by atoms with Crippen LogP contribution < -0.4 is 0 Å². The van der Waals surface area contributed by atoms with E-state index in [0.717, 1.165) is 34.1 Å². The molecule has 1 atom stereocenters. The number of benzene rings is 1. The van der Waals surface area contributed by atoms with Gasteiger partial charge in [0.2, 0.25) is 6.43 Å². The lowest BCUT2D eigenvalue weighted by atomic mass is 9.97. The predicted octanol–water partition coefficient (Wildman–Crippen LogP) is 4.82. The first-order valence-corrected chi connectivity index (χ1v) is 10.7. The Morgan fingerprint density at radius 2 is 1.80 bits per heavy atom. The molecule has 3 aliphatic rings. The largest absolute Gasteiger partial charge is 0.276 e. The third-order valence-corrected chi connectivity index (χ3v) is 7.30. The normalized spacial score (nSPS) is 20.0. The highest BCUT2D eigenvalue weighted by Crippen LogP contribution is 2.47. The van der Waals surface area contributed by atoms with Crippen molar-refractivity contribution in [2.45, 2.75) is 44.6 Å². The fourth-order valence-corrected chi connectivity index (χ4v) is 5.90. The molecule has 1 aromatic carbocycles. The molecule has 154 valence electrons. The molecule has 0 bridgehead atoms. The Morgan fingerprint density at radius 3 is 2.50 bits per heavy atom. The third kappa shape index (κ3) is 2.60. The van der Waals surface area contributed by atoms with Crippen LogP contribution in [0.15, 0.2) is 23.2 Å². The molecule has 0 radical (unpaired) electrons. The highest BCUT2D eigenvalue weighted by atomic mass is 32.1. The standard InChI is InChI=1S/C21H16F4N4S/c22-12-2-1-3-13(23)17(12)18-16-11-6-10(19(24)25)7-14(11)30-21(16)29-15(8-26-18)27-28-20(29)9-4-5-9/h1-3,9-10,19H,4-8H2/t10-/m1/s1. The second-order valence-corrected chi connectivity index (χ2v) is 9.12. The summed E-state index contributed by atoms with van der Waals surface area (Å²) < 4.78 is 58.3. The third-order valence-electron chi connectivity index (χ3n) is 6.06. The van der Waals surface area contributed by atoms with Crippen molar-refractivity contribution in [1.29, 1.82) is 0 Å². The highest BCUT2D eigenvalue weighted by Gasteiger charge is 2.40. The number of hydrogen-bond donors (Lipinski definition) is 0. The van der Waals surface area contributed by atoms with Crippen molar-refractivity contribution in [3.8, 4) is 5.00 Å². The van der Waals surface area contributed by atoms with Crippen molar-refractivity contribution in [3.05, 3.63) is 63.0 Å². The van der Waals surface area contributed by atoms with E-state index in [0.29, 0.717) is 17.3 Å². The molecule has 0 N–H and O–H groups in total. The minimum Gasteiger partial charge on any atom is -0.276 e. The molecule has 2 aromatic heterocycles. The topological polar surface area (TPSA) is 43.1 Å². The number of aliphatic imine (C=N–C) groups is 1. The van der Waals surface area contributed by atoms with Gasteiger partial charge in [-0.3, -0.25) is 9.56 Å². The summed E-state index contributed by atoms with van der Waals surface area (Å²) in [4.78, 5) is 5.37. The number of aromatic nitrogens is 3. The number of thiophene rings is 1. The fourth-order valence-electron chi connectivity index (χ4n) is 4.45. The lowest BCUT2D eigenvalue weighted by molar-refractivity contribution is 0.0826. The summed E-state index contributed by atoms with van der Waals surface area (Å²) in [6.45, 7) is 0.122. The van der Waals surface area contributed by atoms with Crippen LogP contribution in [-0.2, 0) is 19.4 Å². The van der Waals surface area contributed by atoms with E-state index in [-0.39, 0.29) is 30.7 Å². The molecule has 0 amide bonds. The van der Waals surface area contributed by atoms with Crippen molar-refractivity contribution in [1.82, 2.24) is 14.8 Å². The molecule has 9 heteroatoms. The van der Waals surface area contributed by atoms with Gasteiger partial charge < -0.3 is 0 Å². The summed E-state index contributed by atoms with van der Waals surface area (Å²) in [6, 6.07) is 3.68. The van der Waals surface area contributed by atoms with Gasteiger partial charge in [0, 0.05) is 22.3 Å². The van der Waals surface area contributed by atoms with E-state index < -0.39 is 24.0 Å². The molecule has 0 unspecified atom stereocenters. The molecule has 3 aromatic rings. The molecular weight excluding hydrogens is 416 g/mol. The zero-order chi connectivity index (χ0) is 20.6. The lowest BCUT2D eigenvalue weighted by Crippen LogP contribution is -2.15. The van der Waals surface area contributed by atoms with Gasteiger partial charge in [0.1, 0.15) is 29.0 Å². The van der Waals surface area contributed by atoms with E-state index in [4.69, 9.17) is 0 Å². The summed E-state index contributed by atoms with van der Waals surface area (Å²) in [5, 5.41) is 9.37. The van der Waals surface area contributed by atoms with Gasteiger partial charge in [-0.15, -0.1) is 21.5 Å². The SMILES string of the molecule is Fc1cccc(F)c1C1=NCc2nnc(C3CC3)n2-c2sc3c(c21)C[C@@H](C(F)F)C3. The molecule has 0 spiro atoms. The smallest absolute Gasteiger partial charge is 0.242 e. The second kappa shape index (κ2) is 6.47. The number of fused-ring (bicyclic) bond motifs is 5. The zero-order valence-electron chi connectivity index (χ0n) is 15.7. The quantitative estimate of drug-likeness (QED) is 0.557. The van der Waals surface area contributed by atoms with Crippen LogP contribution in [0.3, 0.4) is 0 Å². The monoisotopic (exact) mass is 432 g/mol. The summed E-state index contributed by atoms with van der Waals surface area (Å²) in [6.07, 6.45) is 0.0191. The Labute approximate surface area is 173 Å². The molecule has 1 aliphatic heterocycles. The lowest BCUT2D eigenvalue weighted by Gasteiger charge is -2.13. The van der Waals surface area contributed by atoms with Crippen LogP contribution in [0, 0.1) is 17.6 Å². The maximum atomic E-state index is 14.7. The van der Waals surface area contributed by atoms with E-state index in [2.05, 4.69) is 15.2 Å². The first-order valence-electron chi connectivity index (χ1n) is 9.89. The minimum atomic E-state index is -2.44. The van der Waals surface area contributed by atoms with Crippen LogP contribution in [0.2, 0.25) is 0 Å². The van der Waals surface area contributed by atoms with E-state index in [1.807, 2.05) is 4.57 Å². The maximum absolute atomic E-state index is 14.7. The van der Waals surface area contributed by atoms with E-state index in [9.17, 15) is 17.6 Å². The van der Waals surface area contributed by atoms with Crippen LogP contribution in [-0.4, -0.2) is 26.9 Å². The Bertz CT molecular complexity index is 1190. The van der Waals surface area contributed by atoms with E-state index >= 15 is 0 Å². The van der Waals surface area contributed by atoms with E-state index in [1.54, 1.807) is 0 Å². The maximum Gasteiger partial charge on any atom is 0.242 e. The highest BCUT2D eigenvalue weighted by molar-refractivity contribution is 7.15. The molecule has 4 nitrogen and oxygen atoms in total. The Morgan fingerprint density at radius 1 is 1.03 bits per heavy atom. The fraction of sp³-hybridized carbons (Fsp3) is 0.381. The van der Waals surface area contributed by atoms with Crippen LogP contribution in [0.4, 0.5) is 17.6 Å². The molecule has 30 heavy (non-hydrogen) atoms. The second-order valence-electron chi connectivity index (χ2n) is 8.03. The molecule has 1 saturated carbocycles. The van der Waals surface area contributed by atoms with Gasteiger partial charge in [0.25, 0.3) is 0 Å². The number of nitrogens with zero attached hydrogens (tertiary/aromatic N) is 4. The molecule has 1 fully saturated rings. The molecular formula is C21H16F4N4S. The van der Waals surface area contributed by atoms with Gasteiger partial charge >= 0.3 is 0 Å². The first-order chi connectivity index (χ1) is 14.5. The number of hydrogen-bond acceptors (Lipinski definition) is 4. The van der Waals surface area contributed by atoms with Crippen molar-refractivity contribution in [2.24, 2.45) is 10.9 Å². The van der Waals surface area contributed by atoms with Crippen LogP contribution in [0.1, 0.15) is 52.0 Å². The van der Waals surface area contributed by atoms with Gasteiger partial charge in [-0.25, -0.2) is 17.6 Å². The van der Waals surface area contributed by atoms with Gasteiger partial charge in [0.15, 0.2) is 5.82 Å². The number of halogens is 4. The Kier molecular flexibility index (Phi) is 3.93. The predicted molar refractivity (Wildman–Crippen MR) is 104 cm³/mol. The Hall–Kier alpha value is -2.55. The Balaban J connectivity index is 1.61. The van der Waals surface area contributed by atoms with Gasteiger partial charge in [-0.1, -0.05) is 6.07 Å². The molecule has 3 heterocycles. The number of rotatable bonds is 3. The van der Waals surface area contributed by atoms with Crippen LogP contribution in [0.25, 0.3) is 5.00 Å². The molecule has 6 rings (SSSR count). The van der Waals surface area contributed by atoms with Gasteiger partial charge in [0.05, 0.1) is 11.3 Å². The summed E-state index contributed by atoms with van der Waals surface area (Å²) in [5.41, 5.74) is 1.25. The number of alkyl halides is 2. The van der Waals surface area contributed by atoms with Crippen molar-refractivity contribution in [3.63, 3.8) is 0 Å². The summed E-state index contributed by atoms with van der Waals surface area (Å²) in [7, 11) is 0. The van der Waals surface area contributed by atoms with Gasteiger partial charge in [-0.05, 0) is 43.4 Å². The molecule has 0 saturated heterocycles. The average molecular weight is 432 g/mol. The average Bonchev–Trinajstić information content (AvgIpc) is 3.23. The van der Waals surface area contributed by atoms with Crippen LogP contribution >= 0.6 is 11.3 Å². The zero-order valence-corrected chi connectivity index (χ0v) is 16.5. The summed E-state index contributed by atoms with van der Waals surface area (Å²) >= 11 is 1.40. The van der Waals surface area contributed by atoms with Crippen molar-refractivity contribution < 1.29 is 17.6 Å². The first kappa shape index (κ1) is 18.2. The van der Waals surface area contributed by atoms with E-state index in [1.165, 1.54) is 29.5 Å².